The van der Waals surface area contributed by atoms with Crippen molar-refractivity contribution >= 4 is 51.6 Å². The van der Waals surface area contributed by atoms with E-state index in [2.05, 4.69) is 13.8 Å². The van der Waals surface area contributed by atoms with Crippen molar-refractivity contribution in [1.29, 1.82) is 0 Å². The first-order valence-corrected chi connectivity index (χ1v) is 22.1. The van der Waals surface area contributed by atoms with Crippen molar-refractivity contribution in [2.45, 2.75) is 231 Å². The van der Waals surface area contributed by atoms with Gasteiger partial charge in [0.05, 0.1) is 19.6 Å². The van der Waals surface area contributed by atoms with Gasteiger partial charge in [-0.2, -0.15) is 8.42 Å². The van der Waals surface area contributed by atoms with Crippen LogP contribution >= 0.6 is 0 Å². The van der Waals surface area contributed by atoms with Crippen LogP contribution in [0.1, 0.15) is 226 Å². The molecule has 1 unspecified atom stereocenters. The van der Waals surface area contributed by atoms with Gasteiger partial charge in [-0.25, -0.2) is 0 Å². The Morgan fingerprint density at radius 2 is 0.694 bits per heavy atom. The van der Waals surface area contributed by atoms with Crippen LogP contribution in [0, 0.1) is 0 Å². The number of unbranched alkanes of at least 4 members (excludes halogenated alkanes) is 30. The minimum atomic E-state index is -4.77. The molecule has 0 amide bonds. The molecule has 0 fully saturated rings. The van der Waals surface area contributed by atoms with Gasteiger partial charge in [-0.15, -0.1) is 0 Å². The Labute approximate surface area is 326 Å². The number of carbonyl (C=O) groups is 2. The van der Waals surface area contributed by atoms with E-state index in [9.17, 15) is 22.6 Å². The fourth-order valence-electron chi connectivity index (χ4n) is 6.27. The second kappa shape index (κ2) is 39.1. The van der Waals surface area contributed by atoms with E-state index in [4.69, 9.17) is 9.47 Å². The minimum absolute atomic E-state index is 0. The second-order valence-corrected chi connectivity index (χ2v) is 15.8. The molecule has 0 aliphatic rings. The van der Waals surface area contributed by atoms with Crippen molar-refractivity contribution in [3.8, 4) is 0 Å². The number of esters is 2. The first kappa shape index (κ1) is 51.0. The van der Waals surface area contributed by atoms with Crippen LogP contribution in [0.15, 0.2) is 0 Å². The molecule has 0 radical (unpaired) electrons. The molecule has 0 aliphatic heterocycles. The van der Waals surface area contributed by atoms with Gasteiger partial charge in [0.15, 0.2) is 5.25 Å². The van der Waals surface area contributed by atoms with Crippen molar-refractivity contribution < 1.29 is 32.0 Å². The van der Waals surface area contributed by atoms with E-state index in [1.54, 1.807) is 0 Å². The molecular formula is C40H79NaO7S. The summed E-state index contributed by atoms with van der Waals surface area (Å²) < 4.78 is 43.3. The third-order valence-corrected chi connectivity index (χ3v) is 10.6. The van der Waals surface area contributed by atoms with Crippen LogP contribution in [-0.4, -0.2) is 72.9 Å². The molecule has 0 bridgehead atoms. The van der Waals surface area contributed by atoms with Crippen molar-refractivity contribution in [2.24, 2.45) is 0 Å². The van der Waals surface area contributed by atoms with E-state index < -0.39 is 33.7 Å². The Kier molecular flexibility index (Phi) is 40.6. The number of carbonyl (C=O) groups excluding carboxylic acids is 2. The summed E-state index contributed by atoms with van der Waals surface area (Å²) in [6.45, 7) is 4.78. The van der Waals surface area contributed by atoms with Crippen molar-refractivity contribution in [1.82, 2.24) is 0 Å². The first-order chi connectivity index (χ1) is 23.3. The Morgan fingerprint density at radius 3 is 0.959 bits per heavy atom. The normalized spacial score (nSPS) is 12.1. The predicted molar refractivity (Wildman–Crippen MR) is 208 cm³/mol. The summed E-state index contributed by atoms with van der Waals surface area (Å²) in [5, 5.41) is -1.93. The number of rotatable bonds is 38. The molecule has 0 aromatic rings. The van der Waals surface area contributed by atoms with Crippen LogP contribution in [0.4, 0.5) is 0 Å². The molecule has 7 nitrogen and oxygen atoms in total. The summed E-state index contributed by atoms with van der Waals surface area (Å²) >= 11 is 0. The fraction of sp³-hybridized carbons (Fsp3) is 0.950. The molecule has 0 saturated heterocycles. The summed E-state index contributed by atoms with van der Waals surface area (Å²) in [7, 11) is -4.77. The molecule has 0 aliphatic carbocycles. The van der Waals surface area contributed by atoms with Gasteiger partial charge in [-0.1, -0.05) is 206 Å². The third-order valence-electron chi connectivity index (χ3n) is 9.48. The fourth-order valence-corrected chi connectivity index (χ4v) is 6.93. The zero-order chi connectivity index (χ0) is 35.4. The van der Waals surface area contributed by atoms with Crippen LogP contribution in [0.2, 0.25) is 0 Å². The maximum atomic E-state index is 12.3. The molecule has 0 aromatic heterocycles. The van der Waals surface area contributed by atoms with Crippen LogP contribution in [0.25, 0.3) is 0 Å². The molecule has 1 atom stereocenters. The quantitative estimate of drug-likeness (QED) is 0.0292. The summed E-state index contributed by atoms with van der Waals surface area (Å²) in [5.41, 5.74) is 0. The van der Waals surface area contributed by atoms with Crippen molar-refractivity contribution in [2.75, 3.05) is 13.2 Å². The van der Waals surface area contributed by atoms with Gasteiger partial charge in [-0.3, -0.25) is 14.1 Å². The Balaban J connectivity index is 0. The van der Waals surface area contributed by atoms with E-state index in [1.807, 2.05) is 0 Å². The van der Waals surface area contributed by atoms with Crippen molar-refractivity contribution in [3.05, 3.63) is 0 Å². The number of hydrogen-bond acceptors (Lipinski definition) is 6. The molecule has 0 spiro atoms. The predicted octanol–water partition coefficient (Wildman–Crippen LogP) is 11.6. The van der Waals surface area contributed by atoms with Gasteiger partial charge in [-0.05, 0) is 12.8 Å². The van der Waals surface area contributed by atoms with Gasteiger partial charge >= 0.3 is 41.5 Å². The van der Waals surface area contributed by atoms with Crippen molar-refractivity contribution in [3.63, 3.8) is 0 Å². The van der Waals surface area contributed by atoms with Gasteiger partial charge in [0.2, 0.25) is 0 Å². The second-order valence-electron chi connectivity index (χ2n) is 14.2. The van der Waals surface area contributed by atoms with E-state index in [0.29, 0.717) is 12.8 Å². The standard InChI is InChI=1S/C40H78O7S.Na.H/c1-3-5-7-9-11-13-15-17-19-21-23-25-27-29-31-33-35-46-39(41)37-38(48(43,44)45)40(42)47-36-34-32-30-28-26-24-22-20-18-16-14-12-10-8-6-4-2;;/h38H,3-37H2,1-2H3,(H,43,44,45);;. The summed E-state index contributed by atoms with van der Waals surface area (Å²) in [5.74, 6) is -1.89. The molecule has 0 rings (SSSR count). The molecular weight excluding hydrogens is 647 g/mol. The summed E-state index contributed by atoms with van der Waals surface area (Å²) in [6.07, 6.45) is 39.0. The van der Waals surface area contributed by atoms with E-state index in [-0.39, 0.29) is 42.8 Å². The Morgan fingerprint density at radius 1 is 0.449 bits per heavy atom. The van der Waals surface area contributed by atoms with Gasteiger partial charge in [0, 0.05) is 0 Å². The molecule has 49 heavy (non-hydrogen) atoms. The van der Waals surface area contributed by atoms with E-state index in [1.165, 1.54) is 161 Å². The van der Waals surface area contributed by atoms with Crippen LogP contribution in [0.5, 0.6) is 0 Å². The van der Waals surface area contributed by atoms with Crippen LogP contribution in [-0.2, 0) is 29.2 Å². The van der Waals surface area contributed by atoms with Crippen LogP contribution in [0.3, 0.4) is 0 Å². The SMILES string of the molecule is CCCCCCCCCCCCCCCCCCOC(=O)CC(C(=O)OCCCCCCCCCCCCCCCCCC)S(=O)(=O)O.[NaH]. The topological polar surface area (TPSA) is 107 Å². The summed E-state index contributed by atoms with van der Waals surface area (Å²) in [4.78, 5) is 24.5. The van der Waals surface area contributed by atoms with Gasteiger partial charge < -0.3 is 9.47 Å². The average molecular weight is 727 g/mol. The van der Waals surface area contributed by atoms with Gasteiger partial charge in [0.1, 0.15) is 0 Å². The molecule has 1 N–H and O–H groups in total. The molecule has 0 aromatic carbocycles. The zero-order valence-electron chi connectivity index (χ0n) is 31.6. The average Bonchev–Trinajstić information content (AvgIpc) is 3.05. The zero-order valence-corrected chi connectivity index (χ0v) is 32.4. The molecule has 9 heteroatoms. The monoisotopic (exact) mass is 727 g/mol. The van der Waals surface area contributed by atoms with Gasteiger partial charge in [0.25, 0.3) is 10.1 Å². The van der Waals surface area contributed by atoms with Crippen LogP contribution < -0.4 is 0 Å². The van der Waals surface area contributed by atoms with E-state index in [0.717, 1.165) is 32.1 Å². The van der Waals surface area contributed by atoms with E-state index >= 15 is 0 Å². The first-order valence-electron chi connectivity index (χ1n) is 20.6. The molecule has 288 valence electrons. The Bertz CT molecular complexity index is 821. The number of ether oxygens (including phenoxy) is 2. The Hall–Kier alpha value is -0.150. The third kappa shape index (κ3) is 37.4. The maximum absolute atomic E-state index is 12.3. The summed E-state index contributed by atoms with van der Waals surface area (Å²) in [6, 6.07) is 0. The molecule has 0 saturated carbocycles. The number of hydrogen-bond donors (Lipinski definition) is 1. The molecule has 0 heterocycles.